The van der Waals surface area contributed by atoms with Gasteiger partial charge in [-0.2, -0.15) is 0 Å². The molecule has 1 aromatic rings. The van der Waals surface area contributed by atoms with Crippen molar-refractivity contribution in [3.63, 3.8) is 0 Å². The molecular formula is C11H12N2O3. The van der Waals surface area contributed by atoms with Gasteiger partial charge in [-0.25, -0.2) is 0 Å². The van der Waals surface area contributed by atoms with Gasteiger partial charge in [-0.1, -0.05) is 12.1 Å². The maximum atomic E-state index is 11.7. The number of hydrogen-bond donors (Lipinski definition) is 0. The fraction of sp³-hybridized carbons (Fsp3) is 0.364. The SMILES string of the molecule is CN1CCC(c2ccc([N+](=O)[O-])cc2)C1=O. The highest BCUT2D eigenvalue weighted by Crippen LogP contribution is 2.28. The van der Waals surface area contributed by atoms with Crippen LogP contribution in [0.2, 0.25) is 0 Å². The van der Waals surface area contributed by atoms with Gasteiger partial charge in [0.2, 0.25) is 5.91 Å². The predicted octanol–water partition coefficient (Wildman–Crippen LogP) is 1.54. The minimum absolute atomic E-state index is 0.0579. The molecule has 1 heterocycles. The van der Waals surface area contributed by atoms with Crippen molar-refractivity contribution >= 4 is 11.6 Å². The number of likely N-dealkylation sites (tertiary alicyclic amines) is 1. The van der Waals surface area contributed by atoms with Crippen molar-refractivity contribution < 1.29 is 9.72 Å². The topological polar surface area (TPSA) is 63.4 Å². The van der Waals surface area contributed by atoms with Gasteiger partial charge in [0, 0.05) is 25.7 Å². The van der Waals surface area contributed by atoms with Crippen LogP contribution in [-0.4, -0.2) is 29.3 Å². The normalized spacial score (nSPS) is 20.2. The minimum Gasteiger partial charge on any atom is -0.345 e. The second kappa shape index (κ2) is 3.92. The van der Waals surface area contributed by atoms with E-state index in [1.54, 1.807) is 24.1 Å². The lowest BCUT2D eigenvalue weighted by atomic mass is 9.98. The van der Waals surface area contributed by atoms with Gasteiger partial charge in [0.05, 0.1) is 10.8 Å². The van der Waals surface area contributed by atoms with Gasteiger partial charge in [-0.3, -0.25) is 14.9 Å². The van der Waals surface area contributed by atoms with E-state index in [-0.39, 0.29) is 17.5 Å². The summed E-state index contributed by atoms with van der Waals surface area (Å²) < 4.78 is 0. The highest BCUT2D eigenvalue weighted by atomic mass is 16.6. The van der Waals surface area contributed by atoms with Crippen LogP contribution in [0.5, 0.6) is 0 Å². The summed E-state index contributed by atoms with van der Waals surface area (Å²) in [4.78, 5) is 23.4. The van der Waals surface area contributed by atoms with Crippen molar-refractivity contribution in [3.05, 3.63) is 39.9 Å². The molecule has 0 radical (unpaired) electrons. The summed E-state index contributed by atoms with van der Waals surface area (Å²) in [6.45, 7) is 0.750. The van der Waals surface area contributed by atoms with Crippen molar-refractivity contribution in [1.29, 1.82) is 0 Å². The van der Waals surface area contributed by atoms with E-state index in [0.717, 1.165) is 18.5 Å². The van der Waals surface area contributed by atoms with Crippen LogP contribution < -0.4 is 0 Å². The Morgan fingerprint density at radius 3 is 2.44 bits per heavy atom. The van der Waals surface area contributed by atoms with Gasteiger partial charge < -0.3 is 4.90 Å². The van der Waals surface area contributed by atoms with Crippen molar-refractivity contribution in [2.45, 2.75) is 12.3 Å². The third-order valence-corrected chi connectivity index (χ3v) is 2.93. The first-order valence-corrected chi connectivity index (χ1v) is 5.09. The van der Waals surface area contributed by atoms with Gasteiger partial charge in [0.25, 0.3) is 5.69 Å². The Bertz CT molecular complexity index is 427. The fourth-order valence-electron chi connectivity index (χ4n) is 1.96. The van der Waals surface area contributed by atoms with Crippen LogP contribution in [0, 0.1) is 10.1 Å². The van der Waals surface area contributed by atoms with Crippen LogP contribution in [0.1, 0.15) is 17.9 Å². The molecule has 1 aliphatic rings. The Hall–Kier alpha value is -1.91. The molecular weight excluding hydrogens is 208 g/mol. The van der Waals surface area contributed by atoms with Gasteiger partial charge in [-0.05, 0) is 12.0 Å². The molecule has 0 bridgehead atoms. The first-order chi connectivity index (χ1) is 7.59. The predicted molar refractivity (Wildman–Crippen MR) is 58.1 cm³/mol. The van der Waals surface area contributed by atoms with Crippen LogP contribution >= 0.6 is 0 Å². The van der Waals surface area contributed by atoms with Crippen molar-refractivity contribution in [2.24, 2.45) is 0 Å². The summed E-state index contributed by atoms with van der Waals surface area (Å²) in [5, 5.41) is 10.5. The molecule has 16 heavy (non-hydrogen) atoms. The van der Waals surface area contributed by atoms with Crippen LogP contribution in [0.15, 0.2) is 24.3 Å². The molecule has 5 nitrogen and oxygen atoms in total. The zero-order valence-electron chi connectivity index (χ0n) is 8.92. The largest absolute Gasteiger partial charge is 0.345 e. The number of carbonyl (C=O) groups is 1. The van der Waals surface area contributed by atoms with E-state index in [1.807, 2.05) is 0 Å². The average Bonchev–Trinajstić information content (AvgIpc) is 2.60. The van der Waals surface area contributed by atoms with E-state index in [4.69, 9.17) is 0 Å². The second-order valence-electron chi connectivity index (χ2n) is 3.95. The maximum absolute atomic E-state index is 11.7. The van der Waals surface area contributed by atoms with E-state index in [9.17, 15) is 14.9 Å². The summed E-state index contributed by atoms with van der Waals surface area (Å²) in [5.41, 5.74) is 0.919. The molecule has 2 rings (SSSR count). The number of nitro benzene ring substituents is 1. The zero-order chi connectivity index (χ0) is 11.7. The van der Waals surface area contributed by atoms with Crippen LogP contribution in [0.25, 0.3) is 0 Å². The Balaban J connectivity index is 2.22. The first kappa shape index (κ1) is 10.6. The molecule has 1 fully saturated rings. The highest BCUT2D eigenvalue weighted by Gasteiger charge is 2.30. The lowest BCUT2D eigenvalue weighted by molar-refractivity contribution is -0.384. The fourth-order valence-corrected chi connectivity index (χ4v) is 1.96. The van der Waals surface area contributed by atoms with Crippen LogP contribution in [-0.2, 0) is 4.79 Å². The monoisotopic (exact) mass is 220 g/mol. The highest BCUT2D eigenvalue weighted by molar-refractivity contribution is 5.85. The Morgan fingerprint density at radius 1 is 1.38 bits per heavy atom. The van der Waals surface area contributed by atoms with Gasteiger partial charge in [-0.15, -0.1) is 0 Å². The van der Waals surface area contributed by atoms with E-state index in [2.05, 4.69) is 0 Å². The number of carbonyl (C=O) groups excluding carboxylic acids is 1. The molecule has 1 aliphatic heterocycles. The van der Waals surface area contributed by atoms with Crippen LogP contribution in [0.3, 0.4) is 0 Å². The molecule has 1 unspecified atom stereocenters. The van der Waals surface area contributed by atoms with Gasteiger partial charge >= 0.3 is 0 Å². The first-order valence-electron chi connectivity index (χ1n) is 5.09. The Kier molecular flexibility index (Phi) is 2.60. The number of nitrogens with zero attached hydrogens (tertiary/aromatic N) is 2. The lowest BCUT2D eigenvalue weighted by Crippen LogP contribution is -2.21. The molecule has 1 aromatic carbocycles. The van der Waals surface area contributed by atoms with Crippen molar-refractivity contribution in [3.8, 4) is 0 Å². The third kappa shape index (κ3) is 1.76. The number of non-ortho nitro benzene ring substituents is 1. The maximum Gasteiger partial charge on any atom is 0.269 e. The summed E-state index contributed by atoms with van der Waals surface area (Å²) in [6.07, 6.45) is 0.785. The Morgan fingerprint density at radius 2 is 2.00 bits per heavy atom. The second-order valence-corrected chi connectivity index (χ2v) is 3.95. The van der Waals surface area contributed by atoms with Gasteiger partial charge in [0.15, 0.2) is 0 Å². The number of likely N-dealkylation sites (N-methyl/N-ethyl adjacent to an activating group) is 1. The molecule has 0 saturated carbocycles. The molecule has 0 aliphatic carbocycles. The van der Waals surface area contributed by atoms with E-state index in [0.29, 0.717) is 0 Å². The molecule has 1 saturated heterocycles. The van der Waals surface area contributed by atoms with Gasteiger partial charge in [0.1, 0.15) is 0 Å². The summed E-state index contributed by atoms with van der Waals surface area (Å²) in [7, 11) is 1.77. The number of hydrogen-bond acceptors (Lipinski definition) is 3. The summed E-state index contributed by atoms with van der Waals surface area (Å²) in [6, 6.07) is 6.22. The zero-order valence-corrected chi connectivity index (χ0v) is 8.92. The third-order valence-electron chi connectivity index (χ3n) is 2.93. The van der Waals surface area contributed by atoms with E-state index >= 15 is 0 Å². The molecule has 84 valence electrons. The molecule has 1 atom stereocenters. The summed E-state index contributed by atoms with van der Waals surface area (Å²) in [5.74, 6) is -0.0420. The standard InChI is InChI=1S/C11H12N2O3/c1-12-7-6-10(11(12)14)8-2-4-9(5-3-8)13(15)16/h2-5,10H,6-7H2,1H3. The van der Waals surface area contributed by atoms with E-state index < -0.39 is 4.92 Å². The lowest BCUT2D eigenvalue weighted by Gasteiger charge is -2.10. The van der Waals surface area contributed by atoms with E-state index in [1.165, 1.54) is 12.1 Å². The average molecular weight is 220 g/mol. The number of benzene rings is 1. The molecule has 1 amide bonds. The van der Waals surface area contributed by atoms with Crippen molar-refractivity contribution in [2.75, 3.05) is 13.6 Å². The number of nitro groups is 1. The smallest absolute Gasteiger partial charge is 0.269 e. The Labute approximate surface area is 92.8 Å². The quantitative estimate of drug-likeness (QED) is 0.561. The molecule has 0 spiro atoms. The molecule has 0 aromatic heterocycles. The molecule has 5 heteroatoms. The van der Waals surface area contributed by atoms with Crippen molar-refractivity contribution in [1.82, 2.24) is 4.90 Å². The number of amides is 1. The number of rotatable bonds is 2. The van der Waals surface area contributed by atoms with Crippen LogP contribution in [0.4, 0.5) is 5.69 Å². The molecule has 0 N–H and O–H groups in total. The minimum atomic E-state index is -0.438. The summed E-state index contributed by atoms with van der Waals surface area (Å²) >= 11 is 0.